The number of para-hydroxylation sites is 1. The lowest BCUT2D eigenvalue weighted by Gasteiger charge is -2.27. The summed E-state index contributed by atoms with van der Waals surface area (Å²) in [6.45, 7) is 2.68. The number of methoxy groups -OCH3 is 1. The summed E-state index contributed by atoms with van der Waals surface area (Å²) >= 11 is 0. The van der Waals surface area contributed by atoms with E-state index < -0.39 is 0 Å². The topological polar surface area (TPSA) is 45.6 Å². The van der Waals surface area contributed by atoms with Crippen molar-refractivity contribution in [2.24, 2.45) is 0 Å². The molecule has 0 spiro atoms. The lowest BCUT2D eigenvalue weighted by molar-refractivity contribution is 0.183. The molecule has 2 rings (SSSR count). The second-order valence-electron chi connectivity index (χ2n) is 4.74. The number of fused-ring (bicyclic) bond motifs is 1. The van der Waals surface area contributed by atoms with E-state index in [-0.39, 0.29) is 12.6 Å². The van der Waals surface area contributed by atoms with Gasteiger partial charge >= 0.3 is 0 Å². The third-order valence-corrected chi connectivity index (χ3v) is 3.35. The molecule has 0 saturated heterocycles. The van der Waals surface area contributed by atoms with Gasteiger partial charge in [0, 0.05) is 25.1 Å². The first-order chi connectivity index (χ1) is 9.17. The quantitative estimate of drug-likeness (QED) is 0.895. The Morgan fingerprint density at radius 1 is 1.37 bits per heavy atom. The van der Waals surface area contributed by atoms with Gasteiger partial charge in [0.1, 0.15) is 5.82 Å². The molecule has 1 unspecified atom stereocenters. The second kappa shape index (κ2) is 5.99. The molecule has 1 atom stereocenters. The van der Waals surface area contributed by atoms with Gasteiger partial charge in [-0.3, -0.25) is 0 Å². The molecular weight excluding hydrogens is 240 g/mol. The minimum Gasteiger partial charge on any atom is -0.392 e. The largest absolute Gasteiger partial charge is 0.392 e. The molecule has 1 aromatic carbocycles. The number of hydrogen-bond donors (Lipinski definition) is 1. The Morgan fingerprint density at radius 2 is 2.11 bits per heavy atom. The fourth-order valence-corrected chi connectivity index (χ4v) is 2.13. The number of ether oxygens (including phenoxy) is 1. The number of anilines is 1. The van der Waals surface area contributed by atoms with Gasteiger partial charge in [-0.15, -0.1) is 0 Å². The third kappa shape index (κ3) is 2.85. The van der Waals surface area contributed by atoms with Crippen molar-refractivity contribution in [2.75, 3.05) is 25.7 Å². The first-order valence-electron chi connectivity index (χ1n) is 6.38. The molecule has 0 fully saturated rings. The second-order valence-corrected chi connectivity index (χ2v) is 4.74. The first kappa shape index (κ1) is 13.8. The zero-order valence-electron chi connectivity index (χ0n) is 11.6. The number of aliphatic hydroxyl groups excluding tert-OH is 1. The minimum absolute atomic E-state index is 0.0167. The Morgan fingerprint density at radius 3 is 2.79 bits per heavy atom. The highest BCUT2D eigenvalue weighted by Gasteiger charge is 2.15. The average molecular weight is 260 g/mol. The summed E-state index contributed by atoms with van der Waals surface area (Å²) in [6, 6.07) is 10.1. The summed E-state index contributed by atoms with van der Waals surface area (Å²) < 4.78 is 5.18. The van der Waals surface area contributed by atoms with Gasteiger partial charge in [0.05, 0.1) is 24.8 Å². The van der Waals surface area contributed by atoms with Gasteiger partial charge < -0.3 is 14.7 Å². The molecule has 0 amide bonds. The van der Waals surface area contributed by atoms with E-state index in [1.54, 1.807) is 7.11 Å². The van der Waals surface area contributed by atoms with Crippen molar-refractivity contribution in [1.82, 2.24) is 4.98 Å². The van der Waals surface area contributed by atoms with Gasteiger partial charge in [0.15, 0.2) is 0 Å². The van der Waals surface area contributed by atoms with Crippen LogP contribution in [0, 0.1) is 0 Å². The van der Waals surface area contributed by atoms with Gasteiger partial charge in [0.2, 0.25) is 0 Å². The van der Waals surface area contributed by atoms with Crippen LogP contribution in [-0.2, 0) is 11.3 Å². The Labute approximate surface area is 113 Å². The van der Waals surface area contributed by atoms with Gasteiger partial charge in [-0.05, 0) is 19.1 Å². The van der Waals surface area contributed by atoms with Crippen LogP contribution in [-0.4, -0.2) is 36.9 Å². The Bertz CT molecular complexity index is 557. The summed E-state index contributed by atoms with van der Waals surface area (Å²) in [5.74, 6) is 0.811. The Balaban J connectivity index is 2.45. The molecular formula is C15H20N2O2. The van der Waals surface area contributed by atoms with E-state index in [1.165, 1.54) is 0 Å². The molecule has 1 aromatic heterocycles. The minimum atomic E-state index is -0.0167. The summed E-state index contributed by atoms with van der Waals surface area (Å²) in [5.41, 5.74) is 1.77. The number of rotatable bonds is 5. The lowest BCUT2D eigenvalue weighted by Crippen LogP contribution is -2.34. The normalized spacial score (nSPS) is 12.6. The number of aromatic nitrogens is 1. The zero-order chi connectivity index (χ0) is 13.8. The van der Waals surface area contributed by atoms with E-state index in [0.717, 1.165) is 22.3 Å². The standard InChI is InChI=1S/C15H20N2O2/c1-11(10-19-3)17(2)15-13(9-18)8-12-6-4-5-7-14(12)16-15/h4-8,11,18H,9-10H2,1-3H3. The van der Waals surface area contributed by atoms with Crippen molar-refractivity contribution in [3.8, 4) is 0 Å². The number of aliphatic hydroxyl groups is 1. The van der Waals surface area contributed by atoms with Crippen LogP contribution in [0.1, 0.15) is 12.5 Å². The van der Waals surface area contributed by atoms with Crippen LogP contribution in [0.25, 0.3) is 10.9 Å². The maximum atomic E-state index is 9.54. The van der Waals surface area contributed by atoms with Crippen molar-refractivity contribution in [3.63, 3.8) is 0 Å². The highest BCUT2D eigenvalue weighted by molar-refractivity contribution is 5.81. The summed E-state index contributed by atoms with van der Waals surface area (Å²) in [4.78, 5) is 6.70. The van der Waals surface area contributed by atoms with Crippen molar-refractivity contribution >= 4 is 16.7 Å². The van der Waals surface area contributed by atoms with Crippen LogP contribution in [0.4, 0.5) is 5.82 Å². The maximum Gasteiger partial charge on any atom is 0.134 e. The Hall–Kier alpha value is -1.65. The molecule has 0 radical (unpaired) electrons. The number of likely N-dealkylation sites (N-methyl/N-ethyl adjacent to an activating group) is 1. The van der Waals surface area contributed by atoms with Crippen LogP contribution >= 0.6 is 0 Å². The monoisotopic (exact) mass is 260 g/mol. The van der Waals surface area contributed by atoms with E-state index in [1.807, 2.05) is 42.3 Å². The zero-order valence-corrected chi connectivity index (χ0v) is 11.6. The number of benzene rings is 1. The molecule has 102 valence electrons. The van der Waals surface area contributed by atoms with Gasteiger partial charge in [-0.2, -0.15) is 0 Å². The SMILES string of the molecule is COCC(C)N(C)c1nc2ccccc2cc1CO. The maximum absolute atomic E-state index is 9.54. The van der Waals surface area contributed by atoms with Crippen LogP contribution in [0.15, 0.2) is 30.3 Å². The molecule has 0 bridgehead atoms. The van der Waals surface area contributed by atoms with Crippen LogP contribution in [0.2, 0.25) is 0 Å². The highest BCUT2D eigenvalue weighted by Crippen LogP contribution is 2.24. The van der Waals surface area contributed by atoms with E-state index >= 15 is 0 Å². The number of hydrogen-bond acceptors (Lipinski definition) is 4. The van der Waals surface area contributed by atoms with E-state index in [0.29, 0.717) is 6.61 Å². The van der Waals surface area contributed by atoms with E-state index in [2.05, 4.69) is 11.9 Å². The Kier molecular flexibility index (Phi) is 4.35. The molecule has 4 nitrogen and oxygen atoms in total. The molecule has 2 aromatic rings. The van der Waals surface area contributed by atoms with Crippen LogP contribution in [0.3, 0.4) is 0 Å². The number of nitrogens with zero attached hydrogens (tertiary/aromatic N) is 2. The molecule has 19 heavy (non-hydrogen) atoms. The highest BCUT2D eigenvalue weighted by atomic mass is 16.5. The molecule has 4 heteroatoms. The van der Waals surface area contributed by atoms with Crippen LogP contribution in [0.5, 0.6) is 0 Å². The smallest absolute Gasteiger partial charge is 0.134 e. The fourth-order valence-electron chi connectivity index (χ4n) is 2.13. The molecule has 1 heterocycles. The molecule has 0 saturated carbocycles. The van der Waals surface area contributed by atoms with E-state index in [4.69, 9.17) is 4.74 Å². The fraction of sp³-hybridized carbons (Fsp3) is 0.400. The average Bonchev–Trinajstić information content (AvgIpc) is 2.45. The van der Waals surface area contributed by atoms with Crippen LogP contribution < -0.4 is 4.90 Å². The van der Waals surface area contributed by atoms with Gasteiger partial charge in [-0.1, -0.05) is 18.2 Å². The lowest BCUT2D eigenvalue weighted by atomic mass is 10.1. The van der Waals surface area contributed by atoms with Crippen molar-refractivity contribution in [2.45, 2.75) is 19.6 Å². The molecule has 0 aliphatic rings. The predicted molar refractivity (Wildman–Crippen MR) is 77.4 cm³/mol. The van der Waals surface area contributed by atoms with E-state index in [9.17, 15) is 5.11 Å². The van der Waals surface area contributed by atoms with Gasteiger partial charge in [-0.25, -0.2) is 4.98 Å². The summed E-state index contributed by atoms with van der Waals surface area (Å²) in [6.07, 6.45) is 0. The number of pyridine rings is 1. The van der Waals surface area contributed by atoms with Gasteiger partial charge in [0.25, 0.3) is 0 Å². The summed E-state index contributed by atoms with van der Waals surface area (Å²) in [7, 11) is 3.66. The summed E-state index contributed by atoms with van der Waals surface area (Å²) in [5, 5.41) is 10.6. The predicted octanol–water partition coefficient (Wildman–Crippen LogP) is 2.20. The third-order valence-electron chi connectivity index (χ3n) is 3.35. The van der Waals surface area contributed by atoms with Crippen molar-refractivity contribution < 1.29 is 9.84 Å². The molecule has 1 N–H and O–H groups in total. The van der Waals surface area contributed by atoms with Crippen molar-refractivity contribution in [3.05, 3.63) is 35.9 Å². The van der Waals surface area contributed by atoms with Crippen molar-refractivity contribution in [1.29, 1.82) is 0 Å². The molecule has 0 aliphatic carbocycles. The first-order valence-corrected chi connectivity index (χ1v) is 6.38. The molecule has 0 aliphatic heterocycles.